The smallest absolute Gasteiger partial charge is 0.339 e. The molecular formula is C49H44N4O8. The minimum Gasteiger partial charge on any atom is -0.508 e. The van der Waals surface area contributed by atoms with E-state index in [1.54, 1.807) is 72.8 Å². The monoisotopic (exact) mass is 816 g/mol. The van der Waals surface area contributed by atoms with E-state index in [2.05, 4.69) is 19.8 Å². The lowest BCUT2D eigenvalue weighted by molar-refractivity contribution is 0.0682. The summed E-state index contributed by atoms with van der Waals surface area (Å²) in [5.41, 5.74) is 2.04. The van der Waals surface area contributed by atoms with Gasteiger partial charge in [-0.25, -0.2) is 19.6 Å². The second-order valence-corrected chi connectivity index (χ2v) is 14.1. The second kappa shape index (κ2) is 19.6. The predicted octanol–water partition coefficient (Wildman–Crippen LogP) is 8.92. The molecule has 0 radical (unpaired) electrons. The number of carbonyl (C=O) groups is 2. The largest absolute Gasteiger partial charge is 0.508 e. The molecule has 0 saturated heterocycles. The third-order valence-electron chi connectivity index (χ3n) is 9.82. The highest BCUT2D eigenvalue weighted by Crippen LogP contribution is 2.38. The molecule has 0 unspecified atom stereocenters. The summed E-state index contributed by atoms with van der Waals surface area (Å²) in [5, 5.41) is 61.4. The van der Waals surface area contributed by atoms with Gasteiger partial charge in [0.25, 0.3) is 0 Å². The van der Waals surface area contributed by atoms with E-state index in [9.17, 15) is 40.2 Å². The number of phenols is 4. The number of hydrogen-bond acceptors (Lipinski definition) is 10. The third-order valence-corrected chi connectivity index (χ3v) is 9.82. The van der Waals surface area contributed by atoms with Crippen LogP contribution >= 0.6 is 0 Å². The highest BCUT2D eigenvalue weighted by Gasteiger charge is 2.22. The van der Waals surface area contributed by atoms with Crippen molar-refractivity contribution in [3.05, 3.63) is 179 Å². The molecule has 0 saturated carbocycles. The Bertz CT molecular complexity index is 2600. The van der Waals surface area contributed by atoms with Crippen LogP contribution in [0.25, 0.3) is 33.7 Å². The average molecular weight is 817 g/mol. The number of rotatable bonds is 8. The number of carboxylic acids is 2. The number of aliphatic imine (C=N–C) groups is 2. The van der Waals surface area contributed by atoms with Crippen LogP contribution in [0.5, 0.6) is 23.0 Å². The number of benzene rings is 6. The molecule has 6 aromatic rings. The molecule has 6 aromatic carbocycles. The van der Waals surface area contributed by atoms with Gasteiger partial charge in [-0.1, -0.05) is 84.9 Å². The van der Waals surface area contributed by atoms with Crippen LogP contribution < -0.4 is 0 Å². The van der Waals surface area contributed by atoms with Crippen LogP contribution in [0.4, 0.5) is 0 Å². The number of phenolic OH excluding ortho intramolecular Hbond substituents is 2. The first kappa shape index (κ1) is 42.5. The van der Waals surface area contributed by atoms with E-state index < -0.39 is 23.4 Å². The molecule has 12 heteroatoms. The number of aromatic carboxylic acids is 2. The molecule has 0 fully saturated rings. The molecule has 6 N–H and O–H groups in total. The van der Waals surface area contributed by atoms with Crippen LogP contribution in [0.2, 0.25) is 0 Å². The number of nitrogens with zero attached hydrogens (tertiary/aromatic N) is 4. The van der Waals surface area contributed by atoms with Crippen LogP contribution in [0.3, 0.4) is 0 Å². The van der Waals surface area contributed by atoms with E-state index in [1.807, 2.05) is 87.2 Å². The van der Waals surface area contributed by atoms with Gasteiger partial charge in [-0.15, -0.1) is 0 Å². The maximum atomic E-state index is 11.6. The summed E-state index contributed by atoms with van der Waals surface area (Å²) in [4.78, 5) is 35.8. The van der Waals surface area contributed by atoms with E-state index in [1.165, 1.54) is 12.1 Å². The van der Waals surface area contributed by atoms with Gasteiger partial charge in [0.05, 0.1) is 0 Å². The Balaban J connectivity index is 0.000000166. The summed E-state index contributed by atoms with van der Waals surface area (Å²) >= 11 is 0. The standard InChI is InChI=1S/C23H16O6.2C13H14N2O/c24-20-16(14-7-3-1-5-12(14)9-18(20)22(26)27)11-17-15-8-4-2-6-13(15)10-19(21(17)25)23(28)29;2*1-15-9-3-8-14-13(15)7-6-11-4-2-5-12(16)10-11/h1-10,24-25H,11H2,(H,26,27)(H,28,29);2*2-8,10,16H,9H2,1H3/b;2*7-6+. The summed E-state index contributed by atoms with van der Waals surface area (Å²) in [6, 6.07) is 31.0. The van der Waals surface area contributed by atoms with Crippen molar-refractivity contribution in [3.8, 4) is 23.0 Å². The lowest BCUT2D eigenvalue weighted by Crippen LogP contribution is -2.26. The molecule has 0 amide bonds. The number of carboxylic acid groups (broad SMARTS) is 2. The van der Waals surface area contributed by atoms with Crippen molar-refractivity contribution >= 4 is 57.3 Å². The Morgan fingerprint density at radius 2 is 0.967 bits per heavy atom. The third kappa shape index (κ3) is 10.7. The maximum Gasteiger partial charge on any atom is 0.339 e. The second-order valence-electron chi connectivity index (χ2n) is 14.1. The molecular weight excluding hydrogens is 773 g/mol. The Kier molecular flexibility index (Phi) is 13.6. The van der Waals surface area contributed by atoms with E-state index in [-0.39, 0.29) is 29.0 Å². The normalized spacial score (nSPS) is 13.4. The van der Waals surface area contributed by atoms with Crippen LogP contribution in [0.15, 0.2) is 156 Å². The molecule has 2 aliphatic rings. The van der Waals surface area contributed by atoms with Crippen LogP contribution in [-0.2, 0) is 6.42 Å². The summed E-state index contributed by atoms with van der Waals surface area (Å²) in [6.45, 7) is 1.76. The van der Waals surface area contributed by atoms with E-state index in [0.29, 0.717) is 32.7 Å². The summed E-state index contributed by atoms with van der Waals surface area (Å²) in [5.74, 6) is -0.954. The van der Waals surface area contributed by atoms with Crippen molar-refractivity contribution in [2.45, 2.75) is 6.42 Å². The Hall–Kier alpha value is -8.12. The van der Waals surface area contributed by atoms with Gasteiger partial charge < -0.3 is 40.4 Å². The van der Waals surface area contributed by atoms with Gasteiger partial charge in [0.15, 0.2) is 0 Å². The number of hydrogen-bond donors (Lipinski definition) is 6. The van der Waals surface area contributed by atoms with Crippen molar-refractivity contribution in [3.63, 3.8) is 0 Å². The zero-order valence-corrected chi connectivity index (χ0v) is 33.4. The zero-order chi connectivity index (χ0) is 43.5. The molecule has 2 heterocycles. The SMILES string of the molecule is CN1CC=CN=C1/C=C/c1cccc(O)c1.CN1CC=CN=C1/C=C/c1cccc(O)c1.O=C(O)c1cc2ccccc2c(Cc2c(O)c(C(=O)O)cc3ccccc23)c1O. The molecule has 12 nitrogen and oxygen atoms in total. The zero-order valence-electron chi connectivity index (χ0n) is 33.4. The number of likely N-dealkylation sites (N-methyl/N-ethyl adjacent to an activating group) is 2. The van der Waals surface area contributed by atoms with Crippen molar-refractivity contribution in [1.29, 1.82) is 0 Å². The van der Waals surface area contributed by atoms with E-state index in [4.69, 9.17) is 0 Å². The van der Waals surface area contributed by atoms with Gasteiger partial charge >= 0.3 is 11.9 Å². The molecule has 0 atom stereocenters. The molecule has 8 rings (SSSR count). The molecule has 0 aromatic heterocycles. The Morgan fingerprint density at radius 3 is 1.34 bits per heavy atom. The minimum absolute atomic E-state index is 0.0407. The van der Waals surface area contributed by atoms with Crippen LogP contribution in [0.1, 0.15) is 43.0 Å². The number of aromatic hydroxyl groups is 4. The highest BCUT2D eigenvalue weighted by atomic mass is 16.4. The lowest BCUT2D eigenvalue weighted by Gasteiger charge is -2.18. The van der Waals surface area contributed by atoms with Gasteiger partial charge in [-0.05, 0) is 93.4 Å². The maximum absolute atomic E-state index is 11.6. The lowest BCUT2D eigenvalue weighted by atomic mass is 9.90. The molecule has 308 valence electrons. The fraction of sp³-hybridized carbons (Fsp3) is 0.102. The summed E-state index contributed by atoms with van der Waals surface area (Å²) < 4.78 is 0. The number of amidine groups is 2. The molecule has 2 aliphatic heterocycles. The van der Waals surface area contributed by atoms with Crippen LogP contribution in [-0.4, -0.2) is 91.2 Å². The fourth-order valence-corrected chi connectivity index (χ4v) is 6.68. The number of fused-ring (bicyclic) bond motifs is 2. The van der Waals surface area contributed by atoms with Crippen LogP contribution in [0, 0.1) is 0 Å². The first-order chi connectivity index (χ1) is 29.4. The average Bonchev–Trinajstić information content (AvgIpc) is 3.25. The molecule has 0 aliphatic carbocycles. The summed E-state index contributed by atoms with van der Waals surface area (Å²) in [7, 11) is 3.99. The van der Waals surface area contributed by atoms with Gasteiger partial charge in [-0.3, -0.25) is 0 Å². The van der Waals surface area contributed by atoms with Gasteiger partial charge in [-0.2, -0.15) is 0 Å². The molecule has 61 heavy (non-hydrogen) atoms. The molecule has 0 spiro atoms. The van der Waals surface area contributed by atoms with E-state index >= 15 is 0 Å². The van der Waals surface area contributed by atoms with Crippen molar-refractivity contribution in [1.82, 2.24) is 9.80 Å². The first-order valence-corrected chi connectivity index (χ1v) is 19.2. The van der Waals surface area contributed by atoms with Gasteiger partial charge in [0, 0.05) is 57.1 Å². The first-order valence-electron chi connectivity index (χ1n) is 19.2. The van der Waals surface area contributed by atoms with Gasteiger partial charge in [0.1, 0.15) is 45.8 Å². The topological polar surface area (TPSA) is 187 Å². The Labute approximate surface area is 352 Å². The fourth-order valence-electron chi connectivity index (χ4n) is 6.68. The van der Waals surface area contributed by atoms with Crippen molar-refractivity contribution < 1.29 is 40.2 Å². The van der Waals surface area contributed by atoms with E-state index in [0.717, 1.165) is 35.9 Å². The van der Waals surface area contributed by atoms with Crippen molar-refractivity contribution in [2.75, 3.05) is 27.2 Å². The predicted molar refractivity (Wildman–Crippen MR) is 241 cm³/mol. The minimum atomic E-state index is -1.28. The quantitative estimate of drug-likeness (QED) is 0.0866. The van der Waals surface area contributed by atoms with Gasteiger partial charge in [0.2, 0.25) is 0 Å². The highest BCUT2D eigenvalue weighted by molar-refractivity contribution is 6.02. The van der Waals surface area contributed by atoms with Crippen molar-refractivity contribution in [2.24, 2.45) is 9.98 Å². The summed E-state index contributed by atoms with van der Waals surface area (Å²) in [6.07, 6.45) is 15.3. The Morgan fingerprint density at radius 1 is 0.557 bits per heavy atom. The molecule has 0 bridgehead atoms.